The minimum absolute atomic E-state index is 0.294. The summed E-state index contributed by atoms with van der Waals surface area (Å²) < 4.78 is 20.2. The van der Waals surface area contributed by atoms with Gasteiger partial charge in [0, 0.05) is 50.0 Å². The monoisotopic (exact) mass is 394 g/mol. The molecule has 2 aromatic rings. The summed E-state index contributed by atoms with van der Waals surface area (Å²) in [6, 6.07) is 4.24. The molecule has 0 radical (unpaired) electrons. The summed E-state index contributed by atoms with van der Waals surface area (Å²) in [5.41, 5.74) is 3.14. The second-order valence-electron chi connectivity index (χ2n) is 8.02. The topological polar surface area (TPSA) is 78.2 Å². The summed E-state index contributed by atoms with van der Waals surface area (Å²) in [6.07, 6.45) is 2.80. The van der Waals surface area contributed by atoms with Crippen molar-refractivity contribution in [2.75, 3.05) is 42.6 Å². The lowest BCUT2D eigenvalue weighted by molar-refractivity contribution is 0.109. The van der Waals surface area contributed by atoms with Crippen molar-refractivity contribution < 1.29 is 9.13 Å². The molecule has 8 heteroatoms. The Morgan fingerprint density at radius 1 is 1.17 bits per heavy atom. The van der Waals surface area contributed by atoms with E-state index in [0.29, 0.717) is 48.5 Å². The number of pyridine rings is 1. The highest BCUT2D eigenvalue weighted by Crippen LogP contribution is 2.37. The number of nitriles is 1. The quantitative estimate of drug-likeness (QED) is 0.789. The number of ether oxygens (including phenoxy) is 1. The number of fused-ring (bicyclic) bond motifs is 2. The fourth-order valence-electron chi connectivity index (χ4n) is 4.80. The van der Waals surface area contributed by atoms with Crippen LogP contribution in [0.2, 0.25) is 0 Å². The summed E-state index contributed by atoms with van der Waals surface area (Å²) in [6.45, 7) is 6.28. The van der Waals surface area contributed by atoms with Crippen LogP contribution in [-0.2, 0) is 24.2 Å². The van der Waals surface area contributed by atoms with Gasteiger partial charge in [-0.2, -0.15) is 5.26 Å². The van der Waals surface area contributed by atoms with E-state index in [1.165, 1.54) is 6.33 Å². The van der Waals surface area contributed by atoms with Gasteiger partial charge in [-0.3, -0.25) is 0 Å². The highest BCUT2D eigenvalue weighted by atomic mass is 19.1. The van der Waals surface area contributed by atoms with Crippen molar-refractivity contribution in [3.63, 3.8) is 0 Å². The number of aryl methyl sites for hydroxylation is 1. The van der Waals surface area contributed by atoms with E-state index >= 15 is 0 Å². The summed E-state index contributed by atoms with van der Waals surface area (Å²) in [7, 11) is 0. The molecule has 0 N–H and O–H groups in total. The van der Waals surface area contributed by atoms with E-state index in [0.717, 1.165) is 49.7 Å². The van der Waals surface area contributed by atoms with Gasteiger partial charge in [0.25, 0.3) is 0 Å². The zero-order valence-corrected chi connectivity index (χ0v) is 16.4. The van der Waals surface area contributed by atoms with Crippen molar-refractivity contribution in [2.24, 2.45) is 11.8 Å². The Bertz CT molecular complexity index is 976. The van der Waals surface area contributed by atoms with E-state index in [9.17, 15) is 9.65 Å². The lowest BCUT2D eigenvalue weighted by atomic mass is 10.0. The predicted molar refractivity (Wildman–Crippen MR) is 105 cm³/mol. The SMILES string of the molecule is CCc1ncnc(N2CC3CN(c4nc5c(cc4C#N)COCC5)CC3C2)c1F. The van der Waals surface area contributed by atoms with Crippen molar-refractivity contribution in [1.82, 2.24) is 15.0 Å². The van der Waals surface area contributed by atoms with Gasteiger partial charge >= 0.3 is 0 Å². The molecule has 0 spiro atoms. The van der Waals surface area contributed by atoms with Crippen LogP contribution in [0.4, 0.5) is 16.0 Å². The van der Waals surface area contributed by atoms with Crippen LogP contribution in [0.3, 0.4) is 0 Å². The van der Waals surface area contributed by atoms with Crippen molar-refractivity contribution in [3.05, 3.63) is 40.7 Å². The second kappa shape index (κ2) is 7.23. The molecule has 0 saturated carbocycles. The zero-order valence-electron chi connectivity index (χ0n) is 16.4. The van der Waals surface area contributed by atoms with Gasteiger partial charge in [0.2, 0.25) is 0 Å². The van der Waals surface area contributed by atoms with E-state index in [2.05, 4.69) is 20.9 Å². The lowest BCUT2D eigenvalue weighted by Crippen LogP contribution is -2.31. The molecule has 150 valence electrons. The van der Waals surface area contributed by atoms with Crippen molar-refractivity contribution in [1.29, 1.82) is 5.26 Å². The summed E-state index contributed by atoms with van der Waals surface area (Å²) in [4.78, 5) is 17.4. The molecular weight excluding hydrogens is 371 g/mol. The van der Waals surface area contributed by atoms with Gasteiger partial charge in [-0.1, -0.05) is 6.92 Å². The molecule has 2 aromatic heterocycles. The molecule has 0 bridgehead atoms. The minimum Gasteiger partial charge on any atom is -0.376 e. The van der Waals surface area contributed by atoms with Crippen LogP contribution in [0.5, 0.6) is 0 Å². The molecule has 0 aromatic carbocycles. The third-order valence-corrected chi connectivity index (χ3v) is 6.30. The van der Waals surface area contributed by atoms with Crippen LogP contribution in [0.25, 0.3) is 0 Å². The van der Waals surface area contributed by atoms with Crippen molar-refractivity contribution >= 4 is 11.6 Å². The van der Waals surface area contributed by atoms with Crippen LogP contribution in [0.1, 0.15) is 29.4 Å². The molecule has 2 unspecified atom stereocenters. The van der Waals surface area contributed by atoms with E-state index in [1.54, 1.807) is 0 Å². The Kier molecular flexibility index (Phi) is 4.55. The fraction of sp³-hybridized carbons (Fsp3) is 0.524. The average Bonchev–Trinajstić information content (AvgIpc) is 3.32. The molecule has 0 aliphatic carbocycles. The Labute approximate surface area is 169 Å². The standard InChI is InChI=1S/C21H23FN6O/c1-2-17-19(22)21(25-12-24-17)28-9-15-7-27(8-16(15)10-28)20-13(6-23)5-14-11-29-4-3-18(14)26-20/h5,12,15-16H,2-4,7-11H2,1H3. The Morgan fingerprint density at radius 2 is 1.90 bits per heavy atom. The smallest absolute Gasteiger partial charge is 0.187 e. The van der Waals surface area contributed by atoms with Gasteiger partial charge in [0.05, 0.1) is 30.2 Å². The number of halogens is 1. The van der Waals surface area contributed by atoms with E-state index < -0.39 is 0 Å². The first-order chi connectivity index (χ1) is 14.2. The number of anilines is 2. The number of nitrogens with zero attached hydrogens (tertiary/aromatic N) is 6. The predicted octanol–water partition coefficient (Wildman–Crippen LogP) is 2.09. The van der Waals surface area contributed by atoms with Crippen LogP contribution < -0.4 is 9.80 Å². The molecule has 5 rings (SSSR count). The lowest BCUT2D eigenvalue weighted by Gasteiger charge is -2.25. The van der Waals surface area contributed by atoms with Crippen LogP contribution in [0.15, 0.2) is 12.4 Å². The molecule has 5 heterocycles. The van der Waals surface area contributed by atoms with Crippen molar-refractivity contribution in [3.8, 4) is 6.07 Å². The number of aromatic nitrogens is 3. The summed E-state index contributed by atoms with van der Waals surface area (Å²) in [5, 5.41) is 9.63. The molecule has 29 heavy (non-hydrogen) atoms. The molecule has 2 fully saturated rings. The molecular formula is C21H23FN6O. The van der Waals surface area contributed by atoms with Gasteiger partial charge in [-0.15, -0.1) is 0 Å². The molecule has 3 aliphatic rings. The van der Waals surface area contributed by atoms with Crippen LogP contribution in [0, 0.1) is 29.0 Å². The maximum atomic E-state index is 14.7. The van der Waals surface area contributed by atoms with Gasteiger partial charge in [0.15, 0.2) is 11.6 Å². The Hall–Kier alpha value is -2.79. The first kappa shape index (κ1) is 18.3. The molecule has 0 amide bonds. The maximum Gasteiger partial charge on any atom is 0.187 e. The van der Waals surface area contributed by atoms with Crippen LogP contribution >= 0.6 is 0 Å². The van der Waals surface area contributed by atoms with E-state index in [1.807, 2.05) is 17.9 Å². The highest BCUT2D eigenvalue weighted by molar-refractivity contribution is 5.57. The first-order valence-electron chi connectivity index (χ1n) is 10.2. The fourth-order valence-corrected chi connectivity index (χ4v) is 4.80. The third kappa shape index (κ3) is 3.10. The summed E-state index contributed by atoms with van der Waals surface area (Å²) >= 11 is 0. The van der Waals surface area contributed by atoms with Crippen LogP contribution in [-0.4, -0.2) is 47.7 Å². The van der Waals surface area contributed by atoms with Crippen molar-refractivity contribution in [2.45, 2.75) is 26.4 Å². The molecule has 3 aliphatic heterocycles. The van der Waals surface area contributed by atoms with Gasteiger partial charge < -0.3 is 14.5 Å². The number of hydrogen-bond acceptors (Lipinski definition) is 7. The first-order valence-corrected chi connectivity index (χ1v) is 10.2. The molecule has 7 nitrogen and oxygen atoms in total. The summed E-state index contributed by atoms with van der Waals surface area (Å²) in [5.74, 6) is 1.72. The average molecular weight is 394 g/mol. The van der Waals surface area contributed by atoms with Gasteiger partial charge in [-0.05, 0) is 12.5 Å². The van der Waals surface area contributed by atoms with Gasteiger partial charge in [0.1, 0.15) is 18.2 Å². The normalized spacial score (nSPS) is 23.1. The molecule has 2 atom stereocenters. The Morgan fingerprint density at radius 3 is 2.59 bits per heavy atom. The number of hydrogen-bond donors (Lipinski definition) is 0. The maximum absolute atomic E-state index is 14.7. The largest absolute Gasteiger partial charge is 0.376 e. The second-order valence-corrected chi connectivity index (χ2v) is 8.02. The molecule has 2 saturated heterocycles. The van der Waals surface area contributed by atoms with Gasteiger partial charge in [-0.25, -0.2) is 19.3 Å². The van der Waals surface area contributed by atoms with E-state index in [4.69, 9.17) is 9.72 Å². The highest BCUT2D eigenvalue weighted by Gasteiger charge is 2.42. The number of rotatable bonds is 3. The van der Waals surface area contributed by atoms with E-state index in [-0.39, 0.29) is 5.82 Å². The minimum atomic E-state index is -0.294. The third-order valence-electron chi connectivity index (χ3n) is 6.30. The zero-order chi connectivity index (χ0) is 20.0. The Balaban J connectivity index is 1.35.